The number of nitrogens with one attached hydrogen (secondary N) is 2. The molecule has 0 aliphatic rings. The molecule has 6 nitrogen and oxygen atoms in total. The summed E-state index contributed by atoms with van der Waals surface area (Å²) in [6.07, 6.45) is 0. The van der Waals surface area contributed by atoms with Crippen molar-refractivity contribution < 1.29 is 9.59 Å². The number of para-hydroxylation sites is 1. The Morgan fingerprint density at radius 2 is 1.19 bits per heavy atom. The molecule has 0 aromatic heterocycles. The third kappa shape index (κ3) is 3.99. The van der Waals surface area contributed by atoms with E-state index in [4.69, 9.17) is 11.5 Å². The fourth-order valence-corrected chi connectivity index (χ4v) is 2.38. The number of hydrogen-bond acceptors (Lipinski definition) is 4. The Hall–Kier alpha value is -3.80. The average molecular weight is 346 g/mol. The molecule has 0 aliphatic heterocycles. The molecule has 0 saturated carbocycles. The molecule has 0 heterocycles. The van der Waals surface area contributed by atoms with Crippen LogP contribution in [0, 0.1) is 0 Å². The number of anilines is 4. The highest BCUT2D eigenvalue weighted by Crippen LogP contribution is 2.17. The molecule has 0 bridgehead atoms. The Morgan fingerprint density at radius 3 is 1.77 bits per heavy atom. The van der Waals surface area contributed by atoms with Crippen LogP contribution < -0.4 is 22.1 Å². The second-order valence-corrected chi connectivity index (χ2v) is 5.69. The van der Waals surface area contributed by atoms with Crippen molar-refractivity contribution in [3.05, 3.63) is 83.9 Å². The van der Waals surface area contributed by atoms with Gasteiger partial charge in [-0.15, -0.1) is 0 Å². The van der Waals surface area contributed by atoms with Gasteiger partial charge >= 0.3 is 0 Å². The van der Waals surface area contributed by atoms with Crippen LogP contribution in [0.4, 0.5) is 22.7 Å². The zero-order valence-corrected chi connectivity index (χ0v) is 13.9. The Morgan fingerprint density at radius 1 is 0.654 bits per heavy atom. The number of amides is 2. The lowest BCUT2D eigenvalue weighted by Gasteiger charge is -2.09. The summed E-state index contributed by atoms with van der Waals surface area (Å²) in [4.78, 5) is 24.4. The van der Waals surface area contributed by atoms with Gasteiger partial charge in [-0.1, -0.05) is 12.1 Å². The topological polar surface area (TPSA) is 110 Å². The summed E-state index contributed by atoms with van der Waals surface area (Å²) in [5.74, 6) is -0.527. The van der Waals surface area contributed by atoms with Crippen molar-refractivity contribution in [2.45, 2.75) is 0 Å². The summed E-state index contributed by atoms with van der Waals surface area (Å²) in [6.45, 7) is 0. The van der Waals surface area contributed by atoms with E-state index >= 15 is 0 Å². The lowest BCUT2D eigenvalue weighted by molar-refractivity contribution is 0.101. The third-order valence-electron chi connectivity index (χ3n) is 3.78. The van der Waals surface area contributed by atoms with Crippen LogP contribution in [-0.4, -0.2) is 11.8 Å². The van der Waals surface area contributed by atoms with Crippen molar-refractivity contribution in [2.75, 3.05) is 22.1 Å². The molecule has 0 unspecified atom stereocenters. The van der Waals surface area contributed by atoms with Crippen LogP contribution in [0.3, 0.4) is 0 Å². The fourth-order valence-electron chi connectivity index (χ4n) is 2.38. The van der Waals surface area contributed by atoms with Gasteiger partial charge in [0.05, 0.1) is 5.56 Å². The van der Waals surface area contributed by atoms with Crippen LogP contribution in [-0.2, 0) is 0 Å². The van der Waals surface area contributed by atoms with Crippen LogP contribution >= 0.6 is 0 Å². The van der Waals surface area contributed by atoms with Crippen molar-refractivity contribution in [3.8, 4) is 0 Å². The normalized spacial score (nSPS) is 10.2. The number of carbonyl (C=O) groups excluding carboxylic acids is 2. The first-order valence-electron chi connectivity index (χ1n) is 7.96. The number of nitrogens with two attached hydrogens (primary N) is 2. The molecule has 6 heteroatoms. The van der Waals surface area contributed by atoms with E-state index in [9.17, 15) is 9.59 Å². The van der Waals surface area contributed by atoms with Gasteiger partial charge in [0.1, 0.15) is 0 Å². The predicted octanol–water partition coefficient (Wildman–Crippen LogP) is 3.36. The molecule has 0 radical (unpaired) electrons. The molecule has 26 heavy (non-hydrogen) atoms. The summed E-state index contributed by atoms with van der Waals surface area (Å²) < 4.78 is 0. The van der Waals surface area contributed by atoms with Gasteiger partial charge in [-0.3, -0.25) is 9.59 Å². The highest BCUT2D eigenvalue weighted by atomic mass is 16.2. The van der Waals surface area contributed by atoms with E-state index in [-0.39, 0.29) is 11.8 Å². The highest BCUT2D eigenvalue weighted by Gasteiger charge is 2.10. The SMILES string of the molecule is Nc1ccc(C(=O)Nc2ccc(NC(=O)c3ccccc3N)cc2)cc1. The summed E-state index contributed by atoms with van der Waals surface area (Å²) in [5, 5.41) is 5.56. The summed E-state index contributed by atoms with van der Waals surface area (Å²) in [7, 11) is 0. The number of benzene rings is 3. The van der Waals surface area contributed by atoms with Crippen LogP contribution in [0.1, 0.15) is 20.7 Å². The van der Waals surface area contributed by atoms with E-state index in [1.54, 1.807) is 72.8 Å². The first-order valence-corrected chi connectivity index (χ1v) is 7.96. The van der Waals surface area contributed by atoms with Gasteiger partial charge in [0.2, 0.25) is 0 Å². The predicted molar refractivity (Wildman–Crippen MR) is 104 cm³/mol. The molecule has 6 N–H and O–H groups in total. The molecule has 0 atom stereocenters. The van der Waals surface area contributed by atoms with Gasteiger partial charge in [-0.05, 0) is 60.7 Å². The Balaban J connectivity index is 1.65. The Bertz CT molecular complexity index is 935. The van der Waals surface area contributed by atoms with Gasteiger partial charge < -0.3 is 22.1 Å². The lowest BCUT2D eigenvalue weighted by Crippen LogP contribution is -2.14. The molecule has 0 aliphatic carbocycles. The smallest absolute Gasteiger partial charge is 0.257 e. The molecular formula is C20H18N4O2. The molecule has 3 aromatic rings. The maximum Gasteiger partial charge on any atom is 0.257 e. The fraction of sp³-hybridized carbons (Fsp3) is 0. The molecule has 2 amide bonds. The van der Waals surface area contributed by atoms with E-state index in [0.29, 0.717) is 33.9 Å². The quantitative estimate of drug-likeness (QED) is 0.543. The minimum absolute atomic E-state index is 0.237. The van der Waals surface area contributed by atoms with Crippen molar-refractivity contribution in [2.24, 2.45) is 0 Å². The first-order chi connectivity index (χ1) is 12.5. The standard InChI is InChI=1S/C20H18N4O2/c21-14-7-5-13(6-8-14)19(25)23-15-9-11-16(12-10-15)24-20(26)17-3-1-2-4-18(17)22/h1-12H,21-22H2,(H,23,25)(H,24,26). The lowest BCUT2D eigenvalue weighted by atomic mass is 10.1. The number of rotatable bonds is 4. The van der Waals surface area contributed by atoms with Gasteiger partial charge in [-0.25, -0.2) is 0 Å². The van der Waals surface area contributed by atoms with E-state index in [1.807, 2.05) is 0 Å². The monoisotopic (exact) mass is 346 g/mol. The van der Waals surface area contributed by atoms with Crippen molar-refractivity contribution in [1.29, 1.82) is 0 Å². The summed E-state index contributed by atoms with van der Waals surface area (Å²) >= 11 is 0. The minimum atomic E-state index is -0.290. The molecule has 0 spiro atoms. The minimum Gasteiger partial charge on any atom is -0.399 e. The number of carbonyl (C=O) groups is 2. The number of nitrogen functional groups attached to an aromatic ring is 2. The molecular weight excluding hydrogens is 328 g/mol. The third-order valence-corrected chi connectivity index (χ3v) is 3.78. The van der Waals surface area contributed by atoms with Crippen LogP contribution in [0.15, 0.2) is 72.8 Å². The molecule has 3 rings (SSSR count). The highest BCUT2D eigenvalue weighted by molar-refractivity contribution is 6.08. The van der Waals surface area contributed by atoms with Crippen molar-refractivity contribution in [3.63, 3.8) is 0 Å². The second-order valence-electron chi connectivity index (χ2n) is 5.69. The van der Waals surface area contributed by atoms with E-state index in [1.165, 1.54) is 0 Å². The van der Waals surface area contributed by atoms with Crippen LogP contribution in [0.25, 0.3) is 0 Å². The van der Waals surface area contributed by atoms with E-state index in [2.05, 4.69) is 10.6 Å². The van der Waals surface area contributed by atoms with E-state index < -0.39 is 0 Å². The van der Waals surface area contributed by atoms with Gasteiger partial charge in [0, 0.05) is 28.3 Å². The summed E-state index contributed by atoms with van der Waals surface area (Å²) in [5.41, 5.74) is 14.6. The average Bonchev–Trinajstić information content (AvgIpc) is 2.64. The van der Waals surface area contributed by atoms with Gasteiger partial charge in [0.25, 0.3) is 11.8 Å². The first kappa shape index (κ1) is 17.0. The molecule has 0 fully saturated rings. The van der Waals surface area contributed by atoms with Crippen LogP contribution in [0.2, 0.25) is 0 Å². The number of hydrogen-bond donors (Lipinski definition) is 4. The van der Waals surface area contributed by atoms with Crippen molar-refractivity contribution >= 4 is 34.6 Å². The van der Waals surface area contributed by atoms with Gasteiger partial charge in [-0.2, -0.15) is 0 Å². The summed E-state index contributed by atoms with van der Waals surface area (Å²) in [6, 6.07) is 20.3. The van der Waals surface area contributed by atoms with Crippen molar-refractivity contribution in [1.82, 2.24) is 0 Å². The zero-order chi connectivity index (χ0) is 18.5. The Kier molecular flexibility index (Phi) is 4.85. The zero-order valence-electron chi connectivity index (χ0n) is 13.9. The largest absolute Gasteiger partial charge is 0.399 e. The van der Waals surface area contributed by atoms with Gasteiger partial charge in [0.15, 0.2) is 0 Å². The van der Waals surface area contributed by atoms with E-state index in [0.717, 1.165) is 0 Å². The molecule has 3 aromatic carbocycles. The molecule has 130 valence electrons. The maximum atomic E-state index is 12.2. The van der Waals surface area contributed by atoms with Crippen LogP contribution in [0.5, 0.6) is 0 Å². The Labute approximate surface area is 150 Å². The molecule has 0 saturated heterocycles. The second kappa shape index (κ2) is 7.40. The maximum absolute atomic E-state index is 12.2.